The molecule has 0 aromatic carbocycles. The van der Waals surface area contributed by atoms with Gasteiger partial charge >= 0.3 is 6.09 Å². The molecular formula is C9H14Cl3NO7. The average molecular weight is 356 g/mol. The standard InChI is InChI=1S/C9H14Cl3NO7/c10-9(11,12)2-19-8(18)13-4-6(16)5(15)3(1-14)20-7(4)17/h3-7,14-17H,1-2H2,(H,13,18)/t3-,4-,5-,6-,7?/m1/s1/i2D/t2?,3-,4-,5-,6-,7?. The molecule has 118 valence electrons. The zero-order valence-corrected chi connectivity index (χ0v) is 12.1. The molecule has 0 bridgehead atoms. The minimum absolute atomic E-state index is 0.644. The Labute approximate surface area is 130 Å². The van der Waals surface area contributed by atoms with Gasteiger partial charge in [0.2, 0.25) is 3.79 Å². The van der Waals surface area contributed by atoms with Crippen LogP contribution in [0.2, 0.25) is 0 Å². The van der Waals surface area contributed by atoms with Crippen molar-refractivity contribution < 1.29 is 36.1 Å². The molecule has 1 aliphatic heterocycles. The summed E-state index contributed by atoms with van der Waals surface area (Å²) in [5.74, 6) is 0. The number of hydrogen-bond donors (Lipinski definition) is 5. The van der Waals surface area contributed by atoms with Crippen LogP contribution in [0.1, 0.15) is 1.37 Å². The van der Waals surface area contributed by atoms with Gasteiger partial charge in [0.05, 0.1) is 7.98 Å². The number of halogens is 3. The van der Waals surface area contributed by atoms with E-state index in [1.165, 1.54) is 0 Å². The molecule has 1 saturated heterocycles. The van der Waals surface area contributed by atoms with E-state index in [1.54, 1.807) is 0 Å². The minimum atomic E-state index is -2.18. The lowest BCUT2D eigenvalue weighted by molar-refractivity contribution is -0.253. The largest absolute Gasteiger partial charge is 0.445 e. The van der Waals surface area contributed by atoms with Crippen molar-refractivity contribution in [2.75, 3.05) is 13.2 Å². The number of amides is 1. The van der Waals surface area contributed by atoms with E-state index in [-0.39, 0.29) is 0 Å². The molecule has 8 nitrogen and oxygen atoms in total. The second-order valence-electron chi connectivity index (χ2n) is 3.96. The number of alkyl halides is 3. The van der Waals surface area contributed by atoms with Gasteiger partial charge in [-0.1, -0.05) is 34.8 Å². The molecule has 1 aliphatic rings. The lowest BCUT2D eigenvalue weighted by Gasteiger charge is -2.40. The molecule has 0 aromatic heterocycles. The summed E-state index contributed by atoms with van der Waals surface area (Å²) in [5, 5.41) is 39.8. The van der Waals surface area contributed by atoms with Gasteiger partial charge in [0.15, 0.2) is 6.29 Å². The van der Waals surface area contributed by atoms with Crippen LogP contribution < -0.4 is 5.32 Å². The number of carbonyl (C=O) groups is 1. The van der Waals surface area contributed by atoms with Gasteiger partial charge in [-0.15, -0.1) is 0 Å². The van der Waals surface area contributed by atoms with Gasteiger partial charge in [-0.2, -0.15) is 0 Å². The van der Waals surface area contributed by atoms with Crippen LogP contribution in [0.5, 0.6) is 0 Å². The second kappa shape index (κ2) is 7.28. The predicted octanol–water partition coefficient (Wildman–Crippen LogP) is -1.12. The summed E-state index contributed by atoms with van der Waals surface area (Å²) in [6, 6.07) is -1.46. The molecular weight excluding hydrogens is 340 g/mol. The summed E-state index contributed by atoms with van der Waals surface area (Å²) in [5.41, 5.74) is 0. The van der Waals surface area contributed by atoms with E-state index in [0.717, 1.165) is 0 Å². The van der Waals surface area contributed by atoms with Gasteiger partial charge in [-0.3, -0.25) is 0 Å². The van der Waals surface area contributed by atoms with Gasteiger partial charge in [-0.05, 0) is 0 Å². The number of ether oxygens (including phenoxy) is 2. The van der Waals surface area contributed by atoms with Crippen molar-refractivity contribution >= 4 is 40.9 Å². The van der Waals surface area contributed by atoms with Crippen LogP contribution in [-0.4, -0.2) is 74.1 Å². The zero-order valence-electron chi connectivity index (χ0n) is 10.8. The quantitative estimate of drug-likeness (QED) is 0.406. The maximum Gasteiger partial charge on any atom is 0.407 e. The van der Waals surface area contributed by atoms with Crippen molar-refractivity contribution in [3.8, 4) is 0 Å². The van der Waals surface area contributed by atoms with Crippen LogP contribution in [0.4, 0.5) is 4.79 Å². The Balaban J connectivity index is 2.63. The Morgan fingerprint density at radius 1 is 1.35 bits per heavy atom. The third-order valence-electron chi connectivity index (χ3n) is 2.48. The molecule has 6 atom stereocenters. The smallest absolute Gasteiger partial charge is 0.407 e. The first-order valence-electron chi connectivity index (χ1n) is 5.92. The first-order valence-corrected chi connectivity index (χ1v) is 6.48. The molecule has 0 radical (unpaired) electrons. The molecule has 11 heteroatoms. The fraction of sp³-hybridized carbons (Fsp3) is 0.889. The summed E-state index contributed by atoms with van der Waals surface area (Å²) < 4.78 is 14.3. The summed E-state index contributed by atoms with van der Waals surface area (Å²) in [4.78, 5) is 11.5. The monoisotopic (exact) mass is 354 g/mol. The molecule has 2 unspecified atom stereocenters. The third kappa shape index (κ3) is 5.05. The predicted molar refractivity (Wildman–Crippen MR) is 68.5 cm³/mol. The van der Waals surface area contributed by atoms with E-state index in [4.69, 9.17) is 46.0 Å². The number of aliphatic hydroxyl groups is 4. The third-order valence-corrected chi connectivity index (χ3v) is 2.75. The number of hydrogen-bond acceptors (Lipinski definition) is 7. The van der Waals surface area contributed by atoms with E-state index in [0.29, 0.717) is 0 Å². The lowest BCUT2D eigenvalue weighted by atomic mass is 9.97. The zero-order chi connectivity index (χ0) is 16.4. The van der Waals surface area contributed by atoms with Crippen LogP contribution >= 0.6 is 34.8 Å². The lowest BCUT2D eigenvalue weighted by Crippen LogP contribution is -2.64. The topological polar surface area (TPSA) is 128 Å². The van der Waals surface area contributed by atoms with Gasteiger partial charge in [0.25, 0.3) is 0 Å². The molecule has 1 heterocycles. The summed E-state index contributed by atoms with van der Waals surface area (Å²) in [7, 11) is 0. The maximum atomic E-state index is 11.5. The van der Waals surface area contributed by atoms with Gasteiger partial charge in [0, 0.05) is 0 Å². The average Bonchev–Trinajstić information content (AvgIpc) is 2.37. The van der Waals surface area contributed by atoms with Crippen LogP contribution in [0.3, 0.4) is 0 Å². The van der Waals surface area contributed by atoms with E-state index < -0.39 is 53.7 Å². The number of rotatable bonds is 3. The van der Waals surface area contributed by atoms with Crippen LogP contribution in [0.15, 0.2) is 0 Å². The Bertz CT molecular complexity index is 372. The van der Waals surface area contributed by atoms with Crippen molar-refractivity contribution in [2.45, 2.75) is 34.4 Å². The normalized spacial score (nSPS) is 37.0. The first-order chi connectivity index (χ1) is 9.57. The molecule has 20 heavy (non-hydrogen) atoms. The fourth-order valence-electron chi connectivity index (χ4n) is 1.54. The van der Waals surface area contributed by atoms with E-state index in [1.807, 2.05) is 5.32 Å². The number of alkyl carbamates (subject to hydrolysis) is 1. The SMILES string of the molecule is [2H]C(OC(=O)N[C@H]1C(O)O[C@H](CO)[C@@H](O)[C@@H]1O)C(Cl)(Cl)Cl. The van der Waals surface area contributed by atoms with Crippen LogP contribution in [0.25, 0.3) is 0 Å². The Morgan fingerprint density at radius 3 is 2.45 bits per heavy atom. The van der Waals surface area contributed by atoms with Crippen molar-refractivity contribution in [1.82, 2.24) is 5.32 Å². The van der Waals surface area contributed by atoms with Crippen LogP contribution in [-0.2, 0) is 9.47 Å². The van der Waals surface area contributed by atoms with Crippen molar-refractivity contribution in [2.24, 2.45) is 0 Å². The van der Waals surface area contributed by atoms with Crippen molar-refractivity contribution in [3.63, 3.8) is 0 Å². The molecule has 1 fully saturated rings. The Morgan fingerprint density at radius 2 is 1.95 bits per heavy atom. The van der Waals surface area contributed by atoms with Crippen molar-refractivity contribution in [1.29, 1.82) is 0 Å². The van der Waals surface area contributed by atoms with E-state index in [2.05, 4.69) is 4.74 Å². The van der Waals surface area contributed by atoms with Gasteiger partial charge in [0.1, 0.15) is 30.9 Å². The fourth-order valence-corrected chi connectivity index (χ4v) is 1.68. The number of carbonyl (C=O) groups excluding carboxylic acids is 1. The highest BCUT2D eigenvalue weighted by molar-refractivity contribution is 6.67. The molecule has 1 rings (SSSR count). The molecule has 1 amide bonds. The van der Waals surface area contributed by atoms with E-state index >= 15 is 0 Å². The molecule has 0 aliphatic carbocycles. The van der Waals surface area contributed by atoms with Gasteiger partial charge in [-0.25, -0.2) is 4.79 Å². The highest BCUT2D eigenvalue weighted by Gasteiger charge is 2.44. The first kappa shape index (κ1) is 16.3. The summed E-state index contributed by atoms with van der Waals surface area (Å²) in [6.07, 6.45) is -7.40. The number of aliphatic hydroxyl groups excluding tert-OH is 4. The highest BCUT2D eigenvalue weighted by atomic mass is 35.6. The summed E-state index contributed by atoms with van der Waals surface area (Å²) in [6.45, 7) is -2.49. The number of nitrogens with one attached hydrogen (secondary N) is 1. The molecule has 5 N–H and O–H groups in total. The minimum Gasteiger partial charge on any atom is -0.445 e. The highest BCUT2D eigenvalue weighted by Crippen LogP contribution is 2.26. The van der Waals surface area contributed by atoms with Gasteiger partial charge < -0.3 is 35.2 Å². The summed E-state index contributed by atoms with van der Waals surface area (Å²) >= 11 is 16.0. The molecule has 0 spiro atoms. The second-order valence-corrected chi connectivity index (χ2v) is 6.33. The van der Waals surface area contributed by atoms with Crippen LogP contribution in [0, 0.1) is 0 Å². The molecule has 0 saturated carbocycles. The Kier molecular flexibility index (Phi) is 5.94. The molecule has 0 aromatic rings. The van der Waals surface area contributed by atoms with E-state index in [9.17, 15) is 20.1 Å². The Hall–Kier alpha value is -0.0600. The van der Waals surface area contributed by atoms with Crippen molar-refractivity contribution in [3.05, 3.63) is 0 Å². The maximum absolute atomic E-state index is 11.5.